The number of nitrogens with two attached hydrogens (primary N) is 1. The SMILES string of the molecule is CC1(C)C(C(N)CC2CCCC(F)(F)C2)C1(C)C. The molecule has 0 aromatic heterocycles. The highest BCUT2D eigenvalue weighted by atomic mass is 19.3. The summed E-state index contributed by atoms with van der Waals surface area (Å²) in [6, 6.07) is 0.0777. The highest BCUT2D eigenvalue weighted by Crippen LogP contribution is 2.69. The molecule has 2 fully saturated rings. The Hall–Kier alpha value is -0.180. The second kappa shape index (κ2) is 4.16. The second-order valence-electron chi connectivity index (χ2n) is 7.64. The van der Waals surface area contributed by atoms with E-state index in [2.05, 4.69) is 27.7 Å². The van der Waals surface area contributed by atoms with Crippen molar-refractivity contribution >= 4 is 0 Å². The fourth-order valence-corrected chi connectivity index (χ4v) is 4.32. The van der Waals surface area contributed by atoms with Gasteiger partial charge in [-0.05, 0) is 41.9 Å². The van der Waals surface area contributed by atoms with E-state index in [-0.39, 0.29) is 35.6 Å². The molecule has 0 amide bonds. The van der Waals surface area contributed by atoms with Gasteiger partial charge < -0.3 is 5.73 Å². The molecule has 2 unspecified atom stereocenters. The van der Waals surface area contributed by atoms with Gasteiger partial charge in [0.05, 0.1) is 0 Å². The first-order valence-electron chi connectivity index (χ1n) is 7.21. The topological polar surface area (TPSA) is 26.0 Å². The smallest absolute Gasteiger partial charge is 0.248 e. The molecule has 3 heteroatoms. The van der Waals surface area contributed by atoms with Crippen molar-refractivity contribution in [1.82, 2.24) is 0 Å². The molecule has 0 aromatic carbocycles. The number of rotatable bonds is 3. The van der Waals surface area contributed by atoms with Gasteiger partial charge in [-0.3, -0.25) is 0 Å². The molecule has 0 heterocycles. The molecule has 0 aliphatic heterocycles. The summed E-state index contributed by atoms with van der Waals surface area (Å²) < 4.78 is 26.8. The molecular weight excluding hydrogens is 232 g/mol. The Labute approximate surface area is 110 Å². The van der Waals surface area contributed by atoms with Gasteiger partial charge >= 0.3 is 0 Å². The van der Waals surface area contributed by atoms with Crippen molar-refractivity contribution in [3.05, 3.63) is 0 Å². The van der Waals surface area contributed by atoms with Gasteiger partial charge in [0.2, 0.25) is 5.92 Å². The molecule has 0 radical (unpaired) electrons. The van der Waals surface area contributed by atoms with Crippen molar-refractivity contribution in [1.29, 1.82) is 0 Å². The van der Waals surface area contributed by atoms with Crippen LogP contribution in [0.2, 0.25) is 0 Å². The largest absolute Gasteiger partial charge is 0.327 e. The first kappa shape index (κ1) is 14.2. The lowest BCUT2D eigenvalue weighted by atomic mass is 9.81. The van der Waals surface area contributed by atoms with E-state index < -0.39 is 5.92 Å². The standard InChI is InChI=1S/C15H27F2N/c1-13(2)12(14(13,3)4)11(18)8-10-6-5-7-15(16,17)9-10/h10-12H,5-9,18H2,1-4H3. The molecule has 0 bridgehead atoms. The Morgan fingerprint density at radius 3 is 2.17 bits per heavy atom. The van der Waals surface area contributed by atoms with Crippen molar-refractivity contribution in [2.75, 3.05) is 0 Å². The molecular formula is C15H27F2N. The predicted molar refractivity (Wildman–Crippen MR) is 70.5 cm³/mol. The van der Waals surface area contributed by atoms with Crippen LogP contribution in [-0.2, 0) is 0 Å². The van der Waals surface area contributed by atoms with Crippen molar-refractivity contribution < 1.29 is 8.78 Å². The average molecular weight is 259 g/mol. The molecule has 2 aliphatic rings. The van der Waals surface area contributed by atoms with Crippen LogP contribution in [0, 0.1) is 22.7 Å². The van der Waals surface area contributed by atoms with Crippen molar-refractivity contribution in [2.45, 2.75) is 71.8 Å². The summed E-state index contributed by atoms with van der Waals surface area (Å²) in [5, 5.41) is 0. The van der Waals surface area contributed by atoms with Gasteiger partial charge in [0.15, 0.2) is 0 Å². The third-order valence-corrected chi connectivity index (χ3v) is 5.91. The van der Waals surface area contributed by atoms with Crippen molar-refractivity contribution in [2.24, 2.45) is 28.4 Å². The van der Waals surface area contributed by atoms with Gasteiger partial charge in [0.25, 0.3) is 0 Å². The van der Waals surface area contributed by atoms with Gasteiger partial charge in [-0.15, -0.1) is 0 Å². The lowest BCUT2D eigenvalue weighted by Gasteiger charge is -2.31. The van der Waals surface area contributed by atoms with Crippen LogP contribution >= 0.6 is 0 Å². The minimum atomic E-state index is -2.45. The Morgan fingerprint density at radius 1 is 1.17 bits per heavy atom. The van der Waals surface area contributed by atoms with Crippen LogP contribution in [0.15, 0.2) is 0 Å². The normalized spacial score (nSPS) is 35.2. The monoisotopic (exact) mass is 259 g/mol. The summed E-state index contributed by atoms with van der Waals surface area (Å²) in [6.07, 6.45) is 2.47. The van der Waals surface area contributed by atoms with Crippen LogP contribution < -0.4 is 5.73 Å². The molecule has 106 valence electrons. The molecule has 18 heavy (non-hydrogen) atoms. The van der Waals surface area contributed by atoms with Crippen molar-refractivity contribution in [3.8, 4) is 0 Å². The Kier molecular flexibility index (Phi) is 3.29. The maximum absolute atomic E-state index is 13.4. The molecule has 2 N–H and O–H groups in total. The lowest BCUT2D eigenvalue weighted by Crippen LogP contribution is -2.33. The van der Waals surface area contributed by atoms with E-state index in [0.717, 1.165) is 12.8 Å². The maximum Gasteiger partial charge on any atom is 0.248 e. The van der Waals surface area contributed by atoms with Crippen LogP contribution in [0.4, 0.5) is 8.78 Å². The molecule has 1 nitrogen and oxygen atoms in total. The number of alkyl halides is 2. The van der Waals surface area contributed by atoms with Crippen LogP contribution in [0.25, 0.3) is 0 Å². The van der Waals surface area contributed by atoms with Crippen LogP contribution in [-0.4, -0.2) is 12.0 Å². The van der Waals surface area contributed by atoms with Gasteiger partial charge in [-0.2, -0.15) is 0 Å². The van der Waals surface area contributed by atoms with Crippen LogP contribution in [0.1, 0.15) is 59.8 Å². The molecule has 2 aliphatic carbocycles. The highest BCUT2D eigenvalue weighted by molar-refractivity contribution is 5.15. The third-order valence-electron chi connectivity index (χ3n) is 5.91. The minimum Gasteiger partial charge on any atom is -0.327 e. The Balaban J connectivity index is 1.91. The minimum absolute atomic E-state index is 0.0499. The van der Waals surface area contributed by atoms with E-state index in [9.17, 15) is 8.78 Å². The first-order valence-corrected chi connectivity index (χ1v) is 7.21. The zero-order valence-corrected chi connectivity index (χ0v) is 12.1. The zero-order chi connectivity index (χ0) is 13.8. The molecule has 2 rings (SSSR count). The number of hydrogen-bond donors (Lipinski definition) is 1. The lowest BCUT2D eigenvalue weighted by molar-refractivity contribution is -0.0547. The summed E-state index contributed by atoms with van der Waals surface area (Å²) in [5.41, 5.74) is 6.81. The van der Waals surface area contributed by atoms with E-state index in [4.69, 9.17) is 5.73 Å². The van der Waals surface area contributed by atoms with Crippen LogP contribution in [0.3, 0.4) is 0 Å². The second-order valence-corrected chi connectivity index (χ2v) is 7.64. The number of hydrogen-bond acceptors (Lipinski definition) is 1. The molecule has 0 saturated heterocycles. The van der Waals surface area contributed by atoms with E-state index in [1.807, 2.05) is 0 Å². The van der Waals surface area contributed by atoms with E-state index in [1.165, 1.54) is 0 Å². The quantitative estimate of drug-likeness (QED) is 0.807. The Morgan fingerprint density at radius 2 is 1.72 bits per heavy atom. The molecule has 0 aromatic rings. The maximum atomic E-state index is 13.4. The highest BCUT2D eigenvalue weighted by Gasteiger charge is 2.66. The van der Waals surface area contributed by atoms with Gasteiger partial charge in [0, 0.05) is 18.9 Å². The third kappa shape index (κ3) is 2.31. The molecule has 2 saturated carbocycles. The fourth-order valence-electron chi connectivity index (χ4n) is 4.32. The summed E-state index contributed by atoms with van der Waals surface area (Å²) >= 11 is 0. The fraction of sp³-hybridized carbons (Fsp3) is 1.00. The zero-order valence-electron chi connectivity index (χ0n) is 12.1. The van der Waals surface area contributed by atoms with Crippen molar-refractivity contribution in [3.63, 3.8) is 0 Å². The summed E-state index contributed by atoms with van der Waals surface area (Å²) in [6.45, 7) is 8.97. The van der Waals surface area contributed by atoms with E-state index in [0.29, 0.717) is 12.3 Å². The average Bonchev–Trinajstić information content (AvgIpc) is 2.54. The van der Waals surface area contributed by atoms with E-state index in [1.54, 1.807) is 0 Å². The predicted octanol–water partition coefficient (Wildman–Crippen LogP) is 4.21. The first-order chi connectivity index (χ1) is 8.08. The van der Waals surface area contributed by atoms with E-state index >= 15 is 0 Å². The Bertz CT molecular complexity index is 308. The van der Waals surface area contributed by atoms with Gasteiger partial charge in [0.1, 0.15) is 0 Å². The summed E-state index contributed by atoms with van der Waals surface area (Å²) in [5.74, 6) is -1.85. The molecule has 2 atom stereocenters. The van der Waals surface area contributed by atoms with Crippen LogP contribution in [0.5, 0.6) is 0 Å². The molecule has 0 spiro atoms. The summed E-state index contributed by atoms with van der Waals surface area (Å²) in [4.78, 5) is 0. The summed E-state index contributed by atoms with van der Waals surface area (Å²) in [7, 11) is 0. The van der Waals surface area contributed by atoms with Gasteiger partial charge in [-0.1, -0.05) is 27.7 Å². The number of halogens is 2. The van der Waals surface area contributed by atoms with Gasteiger partial charge in [-0.25, -0.2) is 8.78 Å².